The average Bonchev–Trinajstić information content (AvgIpc) is 2.79. The fourth-order valence-corrected chi connectivity index (χ4v) is 2.45. The van der Waals surface area contributed by atoms with Gasteiger partial charge in [-0.15, -0.1) is 0 Å². The first-order valence-corrected chi connectivity index (χ1v) is 6.79. The summed E-state index contributed by atoms with van der Waals surface area (Å²) in [7, 11) is 0. The summed E-state index contributed by atoms with van der Waals surface area (Å²) < 4.78 is 4.84. The third-order valence-electron chi connectivity index (χ3n) is 2.24. The summed E-state index contributed by atoms with van der Waals surface area (Å²) in [5, 5.41) is 12.7. The highest BCUT2D eigenvalue weighted by Gasteiger charge is 2.08. The number of hydrogen-bond acceptors (Lipinski definition) is 5. The number of rotatable bonds is 4. The van der Waals surface area contributed by atoms with Gasteiger partial charge in [0.25, 0.3) is 0 Å². The average molecular weight is 328 g/mol. The van der Waals surface area contributed by atoms with E-state index in [9.17, 15) is 4.79 Å². The molecule has 0 spiro atoms. The van der Waals surface area contributed by atoms with Crippen LogP contribution in [-0.4, -0.2) is 20.4 Å². The van der Waals surface area contributed by atoms with E-state index < -0.39 is 5.97 Å². The van der Waals surface area contributed by atoms with Crippen molar-refractivity contribution >= 4 is 44.3 Å². The van der Waals surface area contributed by atoms with Crippen LogP contribution in [-0.2, 0) is 6.42 Å². The van der Waals surface area contributed by atoms with Crippen LogP contribution in [0.3, 0.4) is 0 Å². The van der Waals surface area contributed by atoms with Gasteiger partial charge in [-0.3, -0.25) is 0 Å². The lowest BCUT2D eigenvalue weighted by atomic mass is 10.2. The number of anilines is 2. The van der Waals surface area contributed by atoms with Crippen molar-refractivity contribution in [3.8, 4) is 0 Å². The Balaban J connectivity index is 2.21. The molecule has 0 saturated heterocycles. The standard InChI is InChI=1S/C11H10BrN3O2S/c1-2-9-14-11(18-15-9)13-8-4-3-6(10(16)17)5-7(8)12/h3-5H,2H2,1H3,(H,16,17)(H,13,14,15). The van der Waals surface area contributed by atoms with E-state index in [1.54, 1.807) is 12.1 Å². The van der Waals surface area contributed by atoms with Crippen LogP contribution in [0.4, 0.5) is 10.8 Å². The lowest BCUT2D eigenvalue weighted by Gasteiger charge is -2.05. The Hall–Kier alpha value is -1.47. The molecule has 1 aromatic carbocycles. The maximum atomic E-state index is 10.8. The lowest BCUT2D eigenvalue weighted by molar-refractivity contribution is 0.0697. The summed E-state index contributed by atoms with van der Waals surface area (Å²) in [6.45, 7) is 1.99. The Morgan fingerprint density at radius 2 is 2.33 bits per heavy atom. The van der Waals surface area contributed by atoms with Crippen molar-refractivity contribution in [3.05, 3.63) is 34.1 Å². The van der Waals surface area contributed by atoms with Crippen LogP contribution in [0.25, 0.3) is 0 Å². The first kappa shape index (κ1) is 13.0. The molecule has 18 heavy (non-hydrogen) atoms. The Morgan fingerprint density at radius 3 is 2.89 bits per heavy atom. The second-order valence-electron chi connectivity index (χ2n) is 3.49. The molecule has 0 saturated carbocycles. The van der Waals surface area contributed by atoms with Crippen LogP contribution < -0.4 is 5.32 Å². The highest BCUT2D eigenvalue weighted by atomic mass is 79.9. The van der Waals surface area contributed by atoms with Crippen molar-refractivity contribution in [1.82, 2.24) is 9.36 Å². The molecule has 0 atom stereocenters. The lowest BCUT2D eigenvalue weighted by Crippen LogP contribution is -1.98. The zero-order valence-electron chi connectivity index (χ0n) is 9.48. The van der Waals surface area contributed by atoms with Gasteiger partial charge in [0.15, 0.2) is 0 Å². The van der Waals surface area contributed by atoms with Crippen LogP contribution >= 0.6 is 27.5 Å². The number of carboxylic acid groups (broad SMARTS) is 1. The zero-order valence-corrected chi connectivity index (χ0v) is 11.9. The van der Waals surface area contributed by atoms with Gasteiger partial charge in [0.2, 0.25) is 5.13 Å². The molecule has 0 radical (unpaired) electrons. The van der Waals surface area contributed by atoms with Gasteiger partial charge in [-0.05, 0) is 34.1 Å². The second-order valence-corrected chi connectivity index (χ2v) is 5.10. The quantitative estimate of drug-likeness (QED) is 0.901. The van der Waals surface area contributed by atoms with Gasteiger partial charge in [-0.2, -0.15) is 4.37 Å². The second kappa shape index (κ2) is 5.45. The van der Waals surface area contributed by atoms with Crippen LogP contribution in [0, 0.1) is 0 Å². The fourth-order valence-electron chi connectivity index (χ4n) is 1.31. The maximum absolute atomic E-state index is 10.8. The van der Waals surface area contributed by atoms with Crippen molar-refractivity contribution < 1.29 is 9.90 Å². The number of nitrogens with one attached hydrogen (secondary N) is 1. The topological polar surface area (TPSA) is 75.1 Å². The predicted molar refractivity (Wildman–Crippen MR) is 73.7 cm³/mol. The molecule has 7 heteroatoms. The van der Waals surface area contributed by atoms with Gasteiger partial charge < -0.3 is 10.4 Å². The number of benzene rings is 1. The normalized spacial score (nSPS) is 10.3. The smallest absolute Gasteiger partial charge is 0.335 e. The summed E-state index contributed by atoms with van der Waals surface area (Å²) in [6.07, 6.45) is 0.789. The Kier molecular flexibility index (Phi) is 3.93. The molecule has 1 heterocycles. The number of carbonyl (C=O) groups is 1. The molecule has 1 aromatic heterocycles. The number of aryl methyl sites for hydroxylation is 1. The van der Waals surface area contributed by atoms with E-state index in [0.717, 1.165) is 17.9 Å². The summed E-state index contributed by atoms with van der Waals surface area (Å²) in [6, 6.07) is 4.78. The Morgan fingerprint density at radius 1 is 1.56 bits per heavy atom. The minimum atomic E-state index is -0.952. The molecule has 94 valence electrons. The molecular weight excluding hydrogens is 318 g/mol. The molecule has 0 aliphatic carbocycles. The molecule has 2 N–H and O–H groups in total. The highest BCUT2D eigenvalue weighted by molar-refractivity contribution is 9.10. The monoisotopic (exact) mass is 327 g/mol. The molecule has 0 fully saturated rings. The summed E-state index contributed by atoms with van der Waals surface area (Å²) in [4.78, 5) is 15.1. The molecule has 0 aliphatic rings. The number of aromatic carboxylic acids is 1. The van der Waals surface area contributed by atoms with Crippen molar-refractivity contribution in [2.45, 2.75) is 13.3 Å². The molecular formula is C11H10BrN3O2S. The summed E-state index contributed by atoms with van der Waals surface area (Å²) in [5.74, 6) is -0.160. The number of nitrogens with zero attached hydrogens (tertiary/aromatic N) is 2. The van der Waals surface area contributed by atoms with E-state index in [4.69, 9.17) is 5.11 Å². The number of hydrogen-bond donors (Lipinski definition) is 2. The Bertz CT molecular complexity index is 585. The fraction of sp³-hybridized carbons (Fsp3) is 0.182. The predicted octanol–water partition coefficient (Wildman–Crippen LogP) is 3.30. The van der Waals surface area contributed by atoms with Gasteiger partial charge in [-0.25, -0.2) is 9.78 Å². The molecule has 0 amide bonds. The van der Waals surface area contributed by atoms with Crippen molar-refractivity contribution in [1.29, 1.82) is 0 Å². The van der Waals surface area contributed by atoms with Crippen LogP contribution in [0.2, 0.25) is 0 Å². The number of carboxylic acids is 1. The molecule has 2 aromatic rings. The molecule has 0 aliphatic heterocycles. The van der Waals surface area contributed by atoms with Crippen LogP contribution in [0.15, 0.2) is 22.7 Å². The first-order chi connectivity index (χ1) is 8.60. The third-order valence-corrected chi connectivity index (χ3v) is 3.57. The zero-order chi connectivity index (χ0) is 13.1. The van der Waals surface area contributed by atoms with E-state index in [-0.39, 0.29) is 5.56 Å². The number of halogens is 1. The summed E-state index contributed by atoms with van der Waals surface area (Å²) >= 11 is 4.61. The minimum Gasteiger partial charge on any atom is -0.478 e. The largest absolute Gasteiger partial charge is 0.478 e. The van der Waals surface area contributed by atoms with E-state index >= 15 is 0 Å². The van der Waals surface area contributed by atoms with E-state index in [1.807, 2.05) is 6.92 Å². The van der Waals surface area contributed by atoms with E-state index in [0.29, 0.717) is 9.60 Å². The Labute approximate surface area is 116 Å². The molecule has 0 bridgehead atoms. The molecule has 2 rings (SSSR count). The minimum absolute atomic E-state index is 0.235. The van der Waals surface area contributed by atoms with Gasteiger partial charge in [0.1, 0.15) is 5.82 Å². The van der Waals surface area contributed by atoms with Gasteiger partial charge >= 0.3 is 5.97 Å². The summed E-state index contributed by atoms with van der Waals surface area (Å²) in [5.41, 5.74) is 0.998. The van der Waals surface area contributed by atoms with Crippen molar-refractivity contribution in [2.24, 2.45) is 0 Å². The maximum Gasteiger partial charge on any atom is 0.335 e. The SMILES string of the molecule is CCc1nsc(Nc2ccc(C(=O)O)cc2Br)n1. The number of aromatic nitrogens is 2. The first-order valence-electron chi connectivity index (χ1n) is 5.22. The molecule has 0 unspecified atom stereocenters. The van der Waals surface area contributed by atoms with E-state index in [1.165, 1.54) is 17.6 Å². The molecule has 5 nitrogen and oxygen atoms in total. The van der Waals surface area contributed by atoms with Gasteiger partial charge in [-0.1, -0.05) is 6.92 Å². The van der Waals surface area contributed by atoms with Gasteiger partial charge in [0.05, 0.1) is 11.3 Å². The van der Waals surface area contributed by atoms with Crippen LogP contribution in [0.5, 0.6) is 0 Å². The third kappa shape index (κ3) is 2.85. The van der Waals surface area contributed by atoms with Crippen molar-refractivity contribution in [3.63, 3.8) is 0 Å². The highest BCUT2D eigenvalue weighted by Crippen LogP contribution is 2.27. The van der Waals surface area contributed by atoms with Gasteiger partial charge in [0, 0.05) is 22.4 Å². The van der Waals surface area contributed by atoms with Crippen LogP contribution in [0.1, 0.15) is 23.1 Å². The van der Waals surface area contributed by atoms with Crippen molar-refractivity contribution in [2.75, 3.05) is 5.32 Å². The van der Waals surface area contributed by atoms with E-state index in [2.05, 4.69) is 30.6 Å².